The number of nitrogens with zero attached hydrogens (tertiary/aromatic N) is 2. The normalized spacial score (nSPS) is 15.4. The zero-order chi connectivity index (χ0) is 24.2. The highest BCUT2D eigenvalue weighted by Crippen LogP contribution is 2.37. The number of benzene rings is 4. The number of ketones is 1. The highest BCUT2D eigenvalue weighted by Gasteiger charge is 2.29. The lowest BCUT2D eigenvalue weighted by Gasteiger charge is -2.24. The Bertz CT molecular complexity index is 1380. The number of hydrazone groups is 1. The van der Waals surface area contributed by atoms with Gasteiger partial charge in [-0.2, -0.15) is 5.10 Å². The summed E-state index contributed by atoms with van der Waals surface area (Å²) in [6.45, 7) is 0. The predicted molar refractivity (Wildman–Crippen MR) is 151 cm³/mol. The summed E-state index contributed by atoms with van der Waals surface area (Å²) in [5, 5.41) is 7.12. The Balaban J connectivity index is 1.39. The molecule has 4 aromatic rings. The van der Waals surface area contributed by atoms with Crippen LogP contribution in [0.2, 0.25) is 0 Å². The first-order chi connectivity index (χ1) is 17.1. The third-order valence-electron chi connectivity index (χ3n) is 5.99. The molecule has 0 aromatic heterocycles. The molecule has 0 aliphatic carbocycles. The SMILES string of the molecule is O=C(/C=C/c1ccc(N2N=C(c3ccccc3)CC2c2ccc(Br)cc2)cc1)c1ccc(Br)cc1. The maximum Gasteiger partial charge on any atom is 0.185 e. The maximum atomic E-state index is 12.5. The van der Waals surface area contributed by atoms with Gasteiger partial charge in [0.05, 0.1) is 17.4 Å². The van der Waals surface area contributed by atoms with E-state index in [9.17, 15) is 4.79 Å². The average Bonchev–Trinajstić information content (AvgIpc) is 3.34. The third kappa shape index (κ3) is 5.53. The van der Waals surface area contributed by atoms with Crippen molar-refractivity contribution in [3.8, 4) is 0 Å². The highest BCUT2D eigenvalue weighted by atomic mass is 79.9. The Kier molecular flexibility index (Phi) is 7.07. The van der Waals surface area contributed by atoms with Crippen LogP contribution in [0.4, 0.5) is 5.69 Å². The van der Waals surface area contributed by atoms with Gasteiger partial charge in [0.2, 0.25) is 0 Å². The molecule has 1 aliphatic heterocycles. The first-order valence-corrected chi connectivity index (χ1v) is 12.9. The number of carbonyl (C=O) groups is 1. The van der Waals surface area contributed by atoms with Crippen molar-refractivity contribution in [3.05, 3.63) is 140 Å². The molecule has 5 rings (SSSR count). The molecule has 3 nitrogen and oxygen atoms in total. The number of hydrogen-bond donors (Lipinski definition) is 0. The summed E-state index contributed by atoms with van der Waals surface area (Å²) in [6, 6.07) is 34.4. The molecule has 0 bridgehead atoms. The monoisotopic (exact) mass is 584 g/mol. The fourth-order valence-electron chi connectivity index (χ4n) is 4.12. The van der Waals surface area contributed by atoms with E-state index in [0.717, 1.165) is 37.9 Å². The molecule has 35 heavy (non-hydrogen) atoms. The van der Waals surface area contributed by atoms with Crippen molar-refractivity contribution >= 4 is 55.1 Å². The number of hydrogen-bond acceptors (Lipinski definition) is 3. The third-order valence-corrected chi connectivity index (χ3v) is 7.04. The summed E-state index contributed by atoms with van der Waals surface area (Å²) >= 11 is 6.94. The van der Waals surface area contributed by atoms with Crippen LogP contribution in [0.1, 0.15) is 39.5 Å². The van der Waals surface area contributed by atoms with Crippen molar-refractivity contribution in [1.29, 1.82) is 0 Å². The molecule has 0 spiro atoms. The summed E-state index contributed by atoms with van der Waals surface area (Å²) in [5.41, 5.74) is 6.07. The molecule has 1 unspecified atom stereocenters. The Morgan fingerprint density at radius 2 is 1.43 bits per heavy atom. The highest BCUT2D eigenvalue weighted by molar-refractivity contribution is 9.10. The van der Waals surface area contributed by atoms with Crippen LogP contribution >= 0.6 is 31.9 Å². The minimum absolute atomic E-state index is 0.0199. The van der Waals surface area contributed by atoms with Gasteiger partial charge in [0, 0.05) is 20.9 Å². The number of halogens is 2. The summed E-state index contributed by atoms with van der Waals surface area (Å²) in [5.74, 6) is -0.0199. The van der Waals surface area contributed by atoms with Crippen LogP contribution in [0, 0.1) is 0 Å². The second-order valence-electron chi connectivity index (χ2n) is 8.32. The Hall–Kier alpha value is -3.28. The summed E-state index contributed by atoms with van der Waals surface area (Å²) in [4.78, 5) is 12.5. The number of allylic oxidation sites excluding steroid dienone is 1. The molecule has 0 radical (unpaired) electrons. The topological polar surface area (TPSA) is 32.7 Å². The van der Waals surface area contributed by atoms with Crippen LogP contribution in [0.3, 0.4) is 0 Å². The quantitative estimate of drug-likeness (QED) is 0.168. The molecule has 1 heterocycles. The van der Waals surface area contributed by atoms with Gasteiger partial charge in [0.1, 0.15) is 0 Å². The fourth-order valence-corrected chi connectivity index (χ4v) is 4.65. The van der Waals surface area contributed by atoms with Gasteiger partial charge in [-0.3, -0.25) is 9.80 Å². The molecule has 172 valence electrons. The minimum Gasteiger partial charge on any atom is -0.289 e. The van der Waals surface area contributed by atoms with E-state index in [-0.39, 0.29) is 11.8 Å². The van der Waals surface area contributed by atoms with Gasteiger partial charge in [-0.15, -0.1) is 0 Å². The molecule has 1 aliphatic rings. The van der Waals surface area contributed by atoms with Crippen molar-refractivity contribution in [2.24, 2.45) is 5.10 Å². The summed E-state index contributed by atoms with van der Waals surface area (Å²) in [6.07, 6.45) is 4.29. The van der Waals surface area contributed by atoms with E-state index >= 15 is 0 Å². The van der Waals surface area contributed by atoms with Crippen LogP contribution < -0.4 is 5.01 Å². The molecule has 0 saturated heterocycles. The lowest BCUT2D eigenvalue weighted by molar-refractivity contribution is 0.104. The van der Waals surface area contributed by atoms with E-state index in [1.165, 1.54) is 5.56 Å². The van der Waals surface area contributed by atoms with Crippen LogP contribution in [0.15, 0.2) is 123 Å². The molecule has 0 N–H and O–H groups in total. The minimum atomic E-state index is -0.0199. The Labute approximate surface area is 222 Å². The van der Waals surface area contributed by atoms with E-state index in [0.29, 0.717) is 5.56 Å². The van der Waals surface area contributed by atoms with Crippen molar-refractivity contribution in [2.75, 3.05) is 5.01 Å². The average molecular weight is 586 g/mol. The number of anilines is 1. The summed E-state index contributed by atoms with van der Waals surface area (Å²) < 4.78 is 2.01. The van der Waals surface area contributed by atoms with E-state index in [1.54, 1.807) is 6.08 Å². The number of carbonyl (C=O) groups excluding carboxylic acids is 1. The molecule has 4 aromatic carbocycles. The van der Waals surface area contributed by atoms with Gasteiger partial charge in [-0.05, 0) is 71.3 Å². The number of rotatable bonds is 6. The van der Waals surface area contributed by atoms with Crippen LogP contribution in [0.5, 0.6) is 0 Å². The zero-order valence-corrected chi connectivity index (χ0v) is 22.0. The standard InChI is InChI=1S/C30H22Br2N2O/c31-25-13-9-23(10-14-25)29-20-28(22-4-2-1-3-5-22)33-34(29)27-17-6-21(7-18-27)8-19-30(35)24-11-15-26(32)16-12-24/h1-19,29H,20H2/b19-8+. The lowest BCUT2D eigenvalue weighted by Crippen LogP contribution is -2.18. The molecule has 0 saturated carbocycles. The Morgan fingerprint density at radius 3 is 2.09 bits per heavy atom. The molecule has 5 heteroatoms. The van der Waals surface area contributed by atoms with Gasteiger partial charge in [-0.1, -0.05) is 92.5 Å². The van der Waals surface area contributed by atoms with Gasteiger partial charge in [0.15, 0.2) is 5.78 Å². The Morgan fingerprint density at radius 1 is 0.800 bits per heavy atom. The molecule has 1 atom stereocenters. The van der Waals surface area contributed by atoms with Crippen LogP contribution in [-0.4, -0.2) is 11.5 Å². The van der Waals surface area contributed by atoms with E-state index in [4.69, 9.17) is 5.10 Å². The second-order valence-corrected chi connectivity index (χ2v) is 10.2. The largest absolute Gasteiger partial charge is 0.289 e. The van der Waals surface area contributed by atoms with Crippen LogP contribution in [-0.2, 0) is 0 Å². The van der Waals surface area contributed by atoms with Crippen molar-refractivity contribution in [1.82, 2.24) is 0 Å². The van der Waals surface area contributed by atoms with Crippen molar-refractivity contribution in [3.63, 3.8) is 0 Å². The fraction of sp³-hybridized carbons (Fsp3) is 0.0667. The van der Waals surface area contributed by atoms with Crippen LogP contribution in [0.25, 0.3) is 6.08 Å². The van der Waals surface area contributed by atoms with Gasteiger partial charge in [0.25, 0.3) is 0 Å². The molecular weight excluding hydrogens is 564 g/mol. The van der Waals surface area contributed by atoms with Crippen molar-refractivity contribution in [2.45, 2.75) is 12.5 Å². The summed E-state index contributed by atoms with van der Waals surface area (Å²) in [7, 11) is 0. The first-order valence-electron chi connectivity index (χ1n) is 11.3. The molecule has 0 amide bonds. The maximum absolute atomic E-state index is 12.5. The zero-order valence-electron chi connectivity index (χ0n) is 18.8. The van der Waals surface area contributed by atoms with E-state index in [1.807, 2.05) is 60.7 Å². The van der Waals surface area contributed by atoms with E-state index in [2.05, 4.69) is 85.4 Å². The lowest BCUT2D eigenvalue weighted by atomic mass is 9.98. The smallest absolute Gasteiger partial charge is 0.185 e. The molecule has 0 fully saturated rings. The van der Waals surface area contributed by atoms with Gasteiger partial charge < -0.3 is 0 Å². The van der Waals surface area contributed by atoms with Gasteiger partial charge >= 0.3 is 0 Å². The van der Waals surface area contributed by atoms with Crippen molar-refractivity contribution < 1.29 is 4.79 Å². The van der Waals surface area contributed by atoms with E-state index < -0.39 is 0 Å². The predicted octanol–water partition coefficient (Wildman–Crippen LogP) is 8.46. The molecular formula is C30H22Br2N2O. The first kappa shape index (κ1) is 23.5. The van der Waals surface area contributed by atoms with Gasteiger partial charge in [-0.25, -0.2) is 0 Å². The second kappa shape index (κ2) is 10.5.